The number of hydrogen-bond acceptors (Lipinski definition) is 8. The number of carbonyl (C=O) groups excluding carboxylic acids is 4. The molecule has 3 fully saturated rings. The van der Waals surface area contributed by atoms with Gasteiger partial charge in [-0.05, 0) is 80.1 Å². The minimum atomic E-state index is -0.555. The summed E-state index contributed by atoms with van der Waals surface area (Å²) in [6, 6.07) is -0.769. The third kappa shape index (κ3) is 15.9. The molecule has 3 rings (SSSR count). The molecule has 11 nitrogen and oxygen atoms in total. The molecule has 3 heterocycles. The molecule has 3 saturated heterocycles. The topological polar surface area (TPSA) is 115 Å². The Labute approximate surface area is 255 Å². The monoisotopic (exact) mass is 613 g/mol. The average molecular weight is 614 g/mol. The van der Waals surface area contributed by atoms with E-state index >= 15 is 0 Å². The van der Waals surface area contributed by atoms with Gasteiger partial charge in [-0.3, -0.25) is 19.4 Å². The van der Waals surface area contributed by atoms with E-state index < -0.39 is 23.3 Å². The normalized spacial score (nSPS) is 19.7. The second-order valence-corrected chi connectivity index (χ2v) is 11.2. The highest BCUT2D eigenvalue weighted by atomic mass is 32.1. The van der Waals surface area contributed by atoms with Crippen LogP contribution in [-0.2, 0) is 28.6 Å². The first kappa shape index (κ1) is 42.8. The maximum absolute atomic E-state index is 12.0. The zero-order chi connectivity index (χ0) is 28.2. The van der Waals surface area contributed by atoms with Gasteiger partial charge in [-0.25, -0.2) is 14.7 Å². The Kier molecular flexibility index (Phi) is 21.6. The largest absolute Gasteiger partial charge is 0.444 e. The predicted octanol–water partition coefficient (Wildman–Crippen LogP) is 4.65. The number of rotatable bonds is 3. The van der Waals surface area contributed by atoms with Crippen LogP contribution in [0.15, 0.2) is 0 Å². The summed E-state index contributed by atoms with van der Waals surface area (Å²) in [7, 11) is 2.96. The zero-order valence-corrected chi connectivity index (χ0v) is 26.9. The number of amides is 3. The second kappa shape index (κ2) is 20.2. The van der Waals surface area contributed by atoms with Gasteiger partial charge in [0, 0.05) is 33.4 Å². The van der Waals surface area contributed by atoms with Gasteiger partial charge in [0.2, 0.25) is 0 Å². The SMILES string of the molecule is C.C1CCOC1.CC(C)(C)OC(=O)N1CCC[C@H]1C=O.CON(C)C(=O)[C@@H]1CCCN1C(=O)OC(C)(C)C.S.S. The minimum absolute atomic E-state index is 0. The quantitative estimate of drug-likeness (QED) is 0.334. The van der Waals surface area contributed by atoms with E-state index in [2.05, 4.69) is 0 Å². The van der Waals surface area contributed by atoms with Gasteiger partial charge in [0.1, 0.15) is 23.5 Å². The van der Waals surface area contributed by atoms with Crippen molar-refractivity contribution in [1.82, 2.24) is 14.9 Å². The summed E-state index contributed by atoms with van der Waals surface area (Å²) in [6.45, 7) is 14.0. The van der Waals surface area contributed by atoms with Crippen molar-refractivity contribution in [2.75, 3.05) is 40.5 Å². The smallest absolute Gasteiger partial charge is 0.410 e. The minimum Gasteiger partial charge on any atom is -0.444 e. The highest BCUT2D eigenvalue weighted by Crippen LogP contribution is 2.22. The van der Waals surface area contributed by atoms with E-state index in [1.165, 1.54) is 36.8 Å². The summed E-state index contributed by atoms with van der Waals surface area (Å²) < 4.78 is 15.4. The third-order valence-electron chi connectivity index (χ3n) is 5.66. The molecule has 3 aliphatic heterocycles. The lowest BCUT2D eigenvalue weighted by Gasteiger charge is -2.29. The van der Waals surface area contributed by atoms with E-state index in [0.717, 1.165) is 43.8 Å². The second-order valence-electron chi connectivity index (χ2n) is 11.2. The molecular formula is C27H55N3O8S2. The Hall–Kier alpha value is -1.70. The fourth-order valence-corrected chi connectivity index (χ4v) is 3.85. The summed E-state index contributed by atoms with van der Waals surface area (Å²) in [5.74, 6) is -0.221. The van der Waals surface area contributed by atoms with Gasteiger partial charge < -0.3 is 19.0 Å². The predicted molar refractivity (Wildman–Crippen MR) is 165 cm³/mol. The van der Waals surface area contributed by atoms with Crippen molar-refractivity contribution in [3.63, 3.8) is 0 Å². The highest BCUT2D eigenvalue weighted by Gasteiger charge is 2.38. The standard InChI is InChI=1S/C12H22N2O4.C10H17NO3.C4H8O.CH4.2H2S/c1-12(2,3)18-11(16)14-8-6-7-9(14)10(15)13(4)17-5;1-10(2,3)14-9(13)11-6-4-5-8(11)7-12;1-2-4-5-3-1;;;/h9H,6-8H2,1-5H3;7-8H,4-6H2,1-3H3;1-4H2;1H4;2*1H2/t9-;8-;;;;/m00..../s1. The first-order valence-corrected chi connectivity index (χ1v) is 13.0. The molecule has 0 spiro atoms. The maximum Gasteiger partial charge on any atom is 0.410 e. The Morgan fingerprint density at radius 1 is 0.825 bits per heavy atom. The lowest BCUT2D eigenvalue weighted by atomic mass is 10.2. The van der Waals surface area contributed by atoms with Crippen molar-refractivity contribution in [1.29, 1.82) is 0 Å². The van der Waals surface area contributed by atoms with Crippen molar-refractivity contribution in [2.45, 2.75) is 111 Å². The number of carbonyl (C=O) groups is 4. The van der Waals surface area contributed by atoms with E-state index in [-0.39, 0.29) is 52.5 Å². The van der Waals surface area contributed by atoms with Crippen molar-refractivity contribution in [2.24, 2.45) is 0 Å². The van der Waals surface area contributed by atoms with Gasteiger partial charge in [-0.15, -0.1) is 0 Å². The van der Waals surface area contributed by atoms with Crippen LogP contribution in [0.4, 0.5) is 9.59 Å². The molecule has 0 radical (unpaired) electrons. The molecule has 0 aromatic rings. The summed E-state index contributed by atoms with van der Waals surface area (Å²) in [6.07, 6.45) is 5.62. The first-order chi connectivity index (χ1) is 17.2. The number of ether oxygens (including phenoxy) is 3. The van der Waals surface area contributed by atoms with Crippen LogP contribution in [0, 0.1) is 0 Å². The summed E-state index contributed by atoms with van der Waals surface area (Å²) in [4.78, 5) is 54.0. The van der Waals surface area contributed by atoms with E-state index in [4.69, 9.17) is 19.0 Å². The van der Waals surface area contributed by atoms with Crippen LogP contribution in [0.5, 0.6) is 0 Å². The molecule has 3 amide bonds. The van der Waals surface area contributed by atoms with Gasteiger partial charge in [0.25, 0.3) is 5.91 Å². The Morgan fingerprint density at radius 3 is 1.68 bits per heavy atom. The Bertz CT molecular complexity index is 747. The van der Waals surface area contributed by atoms with E-state index in [1.807, 2.05) is 20.8 Å². The molecule has 0 unspecified atom stereocenters. The van der Waals surface area contributed by atoms with E-state index in [1.54, 1.807) is 20.8 Å². The molecular weight excluding hydrogens is 558 g/mol. The Balaban J connectivity index is -0.000000555. The fraction of sp³-hybridized carbons (Fsp3) is 0.852. The highest BCUT2D eigenvalue weighted by molar-refractivity contribution is 7.59. The van der Waals surface area contributed by atoms with Gasteiger partial charge >= 0.3 is 12.2 Å². The molecule has 13 heteroatoms. The average Bonchev–Trinajstić information content (AvgIpc) is 3.58. The molecule has 0 bridgehead atoms. The number of hydrogen-bond donors (Lipinski definition) is 0. The summed E-state index contributed by atoms with van der Waals surface area (Å²) in [5.41, 5.74) is -1.05. The van der Waals surface area contributed by atoms with Crippen LogP contribution in [-0.4, -0.2) is 103 Å². The number of likely N-dealkylation sites (N-methyl/N-ethyl adjacent to an activating group) is 1. The molecule has 0 saturated carbocycles. The van der Waals surface area contributed by atoms with Crippen LogP contribution in [0.1, 0.15) is 87.5 Å². The van der Waals surface area contributed by atoms with E-state index in [9.17, 15) is 19.2 Å². The van der Waals surface area contributed by atoms with Gasteiger partial charge in [-0.1, -0.05) is 7.43 Å². The third-order valence-corrected chi connectivity index (χ3v) is 5.66. The number of aldehydes is 1. The van der Waals surface area contributed by atoms with Crippen LogP contribution < -0.4 is 0 Å². The molecule has 0 N–H and O–H groups in total. The van der Waals surface area contributed by atoms with Gasteiger partial charge in [-0.2, -0.15) is 27.0 Å². The van der Waals surface area contributed by atoms with Crippen LogP contribution in [0.2, 0.25) is 0 Å². The molecule has 0 aromatic carbocycles. The lowest BCUT2D eigenvalue weighted by Crippen LogP contribution is -2.47. The summed E-state index contributed by atoms with van der Waals surface area (Å²) >= 11 is 0. The fourth-order valence-electron chi connectivity index (χ4n) is 3.85. The first-order valence-electron chi connectivity index (χ1n) is 13.0. The number of hydroxylamine groups is 2. The zero-order valence-electron chi connectivity index (χ0n) is 24.9. The van der Waals surface area contributed by atoms with Crippen molar-refractivity contribution < 1.29 is 38.2 Å². The van der Waals surface area contributed by atoms with Crippen LogP contribution in [0.25, 0.3) is 0 Å². The molecule has 0 aliphatic carbocycles. The lowest BCUT2D eigenvalue weighted by molar-refractivity contribution is -0.173. The molecule has 0 aromatic heterocycles. The number of nitrogens with zero attached hydrogens (tertiary/aromatic N) is 3. The number of likely N-dealkylation sites (tertiary alicyclic amines) is 2. The molecule has 2 atom stereocenters. The summed E-state index contributed by atoms with van der Waals surface area (Å²) in [5, 5.41) is 1.15. The van der Waals surface area contributed by atoms with Crippen molar-refractivity contribution >= 4 is 51.4 Å². The van der Waals surface area contributed by atoms with Crippen LogP contribution in [0.3, 0.4) is 0 Å². The van der Waals surface area contributed by atoms with Crippen molar-refractivity contribution in [3.05, 3.63) is 0 Å². The molecule has 3 aliphatic rings. The van der Waals surface area contributed by atoms with Gasteiger partial charge in [0.15, 0.2) is 0 Å². The molecule has 238 valence electrons. The Morgan fingerprint density at radius 2 is 1.27 bits per heavy atom. The maximum atomic E-state index is 12.0. The van der Waals surface area contributed by atoms with Gasteiger partial charge in [0.05, 0.1) is 13.2 Å². The molecule has 40 heavy (non-hydrogen) atoms. The van der Waals surface area contributed by atoms with Crippen LogP contribution >= 0.6 is 27.0 Å². The van der Waals surface area contributed by atoms with E-state index in [0.29, 0.717) is 19.5 Å². The van der Waals surface area contributed by atoms with Crippen molar-refractivity contribution in [3.8, 4) is 0 Å².